The van der Waals surface area contributed by atoms with Gasteiger partial charge in [0.2, 0.25) is 5.91 Å². The second-order valence-corrected chi connectivity index (χ2v) is 5.98. The van der Waals surface area contributed by atoms with Crippen LogP contribution in [0.4, 0.5) is 0 Å². The van der Waals surface area contributed by atoms with E-state index >= 15 is 0 Å². The van der Waals surface area contributed by atoms with Crippen LogP contribution in [0.5, 0.6) is 0 Å². The fraction of sp³-hybridized carbons (Fsp3) is 0.500. The van der Waals surface area contributed by atoms with E-state index in [1.807, 2.05) is 24.3 Å². The Bertz CT molecular complexity index is 666. The molecule has 1 aliphatic rings. The number of hydrogen-bond acceptors (Lipinski definition) is 4. The number of nitrogens with zero attached hydrogens (tertiary/aromatic N) is 5. The van der Waals surface area contributed by atoms with Gasteiger partial charge in [-0.2, -0.15) is 5.10 Å². The molecule has 116 valence electrons. The summed E-state index contributed by atoms with van der Waals surface area (Å²) in [5, 5.41) is 4.17. The SMILES string of the molecule is CC(=O)N1CCCC(Cc2cncc(-c3cnn(C)c3)n2)C1. The summed E-state index contributed by atoms with van der Waals surface area (Å²) < 4.78 is 1.76. The van der Waals surface area contributed by atoms with Crippen molar-refractivity contribution in [1.29, 1.82) is 0 Å². The van der Waals surface area contributed by atoms with E-state index in [0.717, 1.165) is 49.3 Å². The Morgan fingerprint density at radius 3 is 2.95 bits per heavy atom. The second kappa shape index (κ2) is 6.25. The summed E-state index contributed by atoms with van der Waals surface area (Å²) >= 11 is 0. The van der Waals surface area contributed by atoms with Crippen LogP contribution in [-0.2, 0) is 18.3 Å². The molecule has 0 radical (unpaired) electrons. The molecule has 1 fully saturated rings. The normalized spacial score (nSPS) is 18.5. The Morgan fingerprint density at radius 2 is 2.23 bits per heavy atom. The molecule has 0 aliphatic carbocycles. The molecule has 0 saturated carbocycles. The zero-order valence-electron chi connectivity index (χ0n) is 13.1. The molecule has 1 unspecified atom stereocenters. The van der Waals surface area contributed by atoms with Crippen LogP contribution in [0.2, 0.25) is 0 Å². The lowest BCUT2D eigenvalue weighted by Crippen LogP contribution is -2.39. The van der Waals surface area contributed by atoms with Crippen LogP contribution in [0.3, 0.4) is 0 Å². The van der Waals surface area contributed by atoms with Crippen LogP contribution < -0.4 is 0 Å². The molecule has 1 aliphatic heterocycles. The molecule has 0 aromatic carbocycles. The highest BCUT2D eigenvalue weighted by Crippen LogP contribution is 2.21. The highest BCUT2D eigenvalue weighted by Gasteiger charge is 2.22. The van der Waals surface area contributed by atoms with E-state index in [4.69, 9.17) is 4.98 Å². The smallest absolute Gasteiger partial charge is 0.219 e. The first kappa shape index (κ1) is 14.7. The lowest BCUT2D eigenvalue weighted by atomic mass is 9.93. The summed E-state index contributed by atoms with van der Waals surface area (Å²) in [5.41, 5.74) is 2.81. The average molecular weight is 299 g/mol. The first-order valence-electron chi connectivity index (χ1n) is 7.67. The van der Waals surface area contributed by atoms with Crippen molar-refractivity contribution in [3.63, 3.8) is 0 Å². The van der Waals surface area contributed by atoms with Crippen molar-refractivity contribution in [3.8, 4) is 11.3 Å². The number of piperidine rings is 1. The van der Waals surface area contributed by atoms with Crippen molar-refractivity contribution in [1.82, 2.24) is 24.6 Å². The quantitative estimate of drug-likeness (QED) is 0.865. The number of amides is 1. The van der Waals surface area contributed by atoms with E-state index in [2.05, 4.69) is 10.1 Å². The molecular weight excluding hydrogens is 278 g/mol. The molecule has 0 N–H and O–H groups in total. The number of rotatable bonds is 3. The van der Waals surface area contributed by atoms with Gasteiger partial charge in [-0.3, -0.25) is 14.5 Å². The summed E-state index contributed by atoms with van der Waals surface area (Å²) in [6.45, 7) is 3.35. The number of carbonyl (C=O) groups excluding carboxylic acids is 1. The van der Waals surface area contributed by atoms with E-state index in [9.17, 15) is 4.79 Å². The Balaban J connectivity index is 1.71. The topological polar surface area (TPSA) is 63.9 Å². The summed E-state index contributed by atoms with van der Waals surface area (Å²) in [7, 11) is 1.89. The van der Waals surface area contributed by atoms with Gasteiger partial charge in [-0.25, -0.2) is 4.98 Å². The minimum absolute atomic E-state index is 0.167. The number of hydrogen-bond donors (Lipinski definition) is 0. The monoisotopic (exact) mass is 299 g/mol. The third-order valence-corrected chi connectivity index (χ3v) is 4.15. The van der Waals surface area contributed by atoms with Gasteiger partial charge in [-0.15, -0.1) is 0 Å². The van der Waals surface area contributed by atoms with Gasteiger partial charge in [0.15, 0.2) is 0 Å². The first-order valence-corrected chi connectivity index (χ1v) is 7.67. The lowest BCUT2D eigenvalue weighted by Gasteiger charge is -2.31. The van der Waals surface area contributed by atoms with Crippen LogP contribution >= 0.6 is 0 Å². The molecule has 22 heavy (non-hydrogen) atoms. The van der Waals surface area contributed by atoms with Gasteiger partial charge in [0.05, 0.1) is 23.8 Å². The molecule has 0 bridgehead atoms. The maximum Gasteiger partial charge on any atom is 0.219 e. The zero-order chi connectivity index (χ0) is 15.5. The third-order valence-electron chi connectivity index (χ3n) is 4.15. The molecule has 6 heteroatoms. The Hall–Kier alpha value is -2.24. The second-order valence-electron chi connectivity index (χ2n) is 5.98. The fourth-order valence-corrected chi connectivity index (χ4v) is 3.01. The minimum Gasteiger partial charge on any atom is -0.343 e. The van der Waals surface area contributed by atoms with Crippen molar-refractivity contribution in [2.75, 3.05) is 13.1 Å². The van der Waals surface area contributed by atoms with Crippen LogP contribution in [-0.4, -0.2) is 43.6 Å². The summed E-state index contributed by atoms with van der Waals surface area (Å²) in [6, 6.07) is 0. The van der Waals surface area contributed by atoms with Gasteiger partial charge >= 0.3 is 0 Å². The van der Waals surface area contributed by atoms with Gasteiger partial charge in [-0.05, 0) is 25.2 Å². The predicted octanol–water partition coefficient (Wildman–Crippen LogP) is 1.68. The van der Waals surface area contributed by atoms with Gasteiger partial charge < -0.3 is 4.90 Å². The van der Waals surface area contributed by atoms with Gasteiger partial charge in [0, 0.05) is 45.0 Å². The molecule has 1 saturated heterocycles. The van der Waals surface area contributed by atoms with E-state index in [-0.39, 0.29) is 5.91 Å². The maximum absolute atomic E-state index is 11.5. The highest BCUT2D eigenvalue weighted by atomic mass is 16.2. The van der Waals surface area contributed by atoms with Crippen molar-refractivity contribution in [2.24, 2.45) is 13.0 Å². The molecule has 3 rings (SSSR count). The predicted molar refractivity (Wildman–Crippen MR) is 82.9 cm³/mol. The number of likely N-dealkylation sites (tertiary alicyclic amines) is 1. The fourth-order valence-electron chi connectivity index (χ4n) is 3.01. The molecule has 2 aromatic heterocycles. The zero-order valence-corrected chi connectivity index (χ0v) is 13.1. The lowest BCUT2D eigenvalue weighted by molar-refractivity contribution is -0.130. The Labute approximate surface area is 130 Å². The van der Waals surface area contributed by atoms with E-state index in [1.54, 1.807) is 24.0 Å². The minimum atomic E-state index is 0.167. The van der Waals surface area contributed by atoms with Crippen LogP contribution in [0, 0.1) is 5.92 Å². The molecular formula is C16H21N5O. The van der Waals surface area contributed by atoms with E-state index < -0.39 is 0 Å². The van der Waals surface area contributed by atoms with Crippen molar-refractivity contribution in [2.45, 2.75) is 26.2 Å². The summed E-state index contributed by atoms with van der Waals surface area (Å²) in [6.07, 6.45) is 10.4. The maximum atomic E-state index is 11.5. The van der Waals surface area contributed by atoms with Gasteiger partial charge in [0.1, 0.15) is 0 Å². The Morgan fingerprint density at radius 1 is 1.36 bits per heavy atom. The van der Waals surface area contributed by atoms with Crippen molar-refractivity contribution in [3.05, 3.63) is 30.5 Å². The van der Waals surface area contributed by atoms with Crippen molar-refractivity contribution < 1.29 is 4.79 Å². The number of carbonyl (C=O) groups is 1. The summed E-state index contributed by atoms with van der Waals surface area (Å²) in [5.74, 6) is 0.635. The third kappa shape index (κ3) is 3.32. The summed E-state index contributed by atoms with van der Waals surface area (Å²) in [4.78, 5) is 22.5. The van der Waals surface area contributed by atoms with E-state index in [1.165, 1.54) is 0 Å². The van der Waals surface area contributed by atoms with Gasteiger partial charge in [0.25, 0.3) is 0 Å². The standard InChI is InChI=1S/C16H21N5O/c1-12(22)21-5-3-4-13(10-21)6-15-8-17-9-16(19-15)14-7-18-20(2)11-14/h7-9,11,13H,3-6,10H2,1-2H3. The van der Waals surface area contributed by atoms with Crippen LogP contribution in [0.25, 0.3) is 11.3 Å². The first-order chi connectivity index (χ1) is 10.6. The van der Waals surface area contributed by atoms with Crippen LogP contribution in [0.15, 0.2) is 24.8 Å². The number of aryl methyl sites for hydroxylation is 1. The molecule has 1 amide bonds. The molecule has 6 nitrogen and oxygen atoms in total. The highest BCUT2D eigenvalue weighted by molar-refractivity contribution is 5.73. The molecule has 0 spiro atoms. The molecule has 2 aromatic rings. The average Bonchev–Trinajstić information content (AvgIpc) is 2.94. The Kier molecular flexibility index (Phi) is 4.18. The largest absolute Gasteiger partial charge is 0.343 e. The molecule has 1 atom stereocenters. The van der Waals surface area contributed by atoms with Crippen LogP contribution in [0.1, 0.15) is 25.5 Å². The van der Waals surface area contributed by atoms with E-state index in [0.29, 0.717) is 5.92 Å². The van der Waals surface area contributed by atoms with Gasteiger partial charge in [-0.1, -0.05) is 0 Å². The van der Waals surface area contributed by atoms with Crippen molar-refractivity contribution >= 4 is 5.91 Å². The number of aromatic nitrogens is 4. The molecule has 3 heterocycles.